The van der Waals surface area contributed by atoms with Crippen molar-refractivity contribution in [3.8, 4) is 17.4 Å². The molecule has 0 aliphatic heterocycles. The fraction of sp³-hybridized carbons (Fsp3) is 0.250. The summed E-state index contributed by atoms with van der Waals surface area (Å²) in [6, 6.07) is 17.7. The van der Waals surface area contributed by atoms with Crippen LogP contribution in [0.3, 0.4) is 0 Å². The average Bonchev–Trinajstić information content (AvgIpc) is 2.57. The molecule has 4 nitrogen and oxygen atoms in total. The summed E-state index contributed by atoms with van der Waals surface area (Å²) in [6.07, 6.45) is 1.03. The molecule has 0 aliphatic rings. The zero-order valence-electron chi connectivity index (χ0n) is 14.0. The third kappa shape index (κ3) is 4.03. The lowest BCUT2D eigenvalue weighted by Crippen LogP contribution is -2.05. The maximum Gasteiger partial charge on any atom is 0.219 e. The number of rotatable bonds is 6. The quantitative estimate of drug-likeness (QED) is 0.734. The van der Waals surface area contributed by atoms with Gasteiger partial charge in [-0.25, -0.2) is 4.98 Å². The second-order valence-corrected chi connectivity index (χ2v) is 5.96. The number of pyridine rings is 1. The number of nitrogens with zero attached hydrogens (tertiary/aromatic N) is 1. The normalized spacial score (nSPS) is 11.0. The summed E-state index contributed by atoms with van der Waals surface area (Å²) >= 11 is 0. The van der Waals surface area contributed by atoms with Gasteiger partial charge in [-0.2, -0.15) is 0 Å². The molecule has 124 valence electrons. The molecule has 24 heavy (non-hydrogen) atoms. The Bertz CT molecular complexity index is 813. The molecule has 1 aromatic heterocycles. The van der Waals surface area contributed by atoms with Crippen LogP contribution >= 0.6 is 0 Å². The first kappa shape index (κ1) is 16.3. The van der Waals surface area contributed by atoms with Gasteiger partial charge in [0.15, 0.2) is 0 Å². The Balaban J connectivity index is 1.76. The van der Waals surface area contributed by atoms with Gasteiger partial charge in [0.1, 0.15) is 11.5 Å². The van der Waals surface area contributed by atoms with Gasteiger partial charge in [-0.15, -0.1) is 0 Å². The zero-order chi connectivity index (χ0) is 16.9. The van der Waals surface area contributed by atoms with Gasteiger partial charge in [-0.3, -0.25) is 0 Å². The standard InChI is InChI=1S/C20H22N2O2/c1-14(2)23-17-5-7-18(8-6-17)24-20-10-4-16-13-15(11-12-21)3-9-19(16)22-20/h3-10,13-14H,11-12,21H2,1-2H3. The number of nitrogens with two attached hydrogens (primary N) is 1. The Labute approximate surface area is 142 Å². The Morgan fingerprint density at radius 3 is 2.42 bits per heavy atom. The molecule has 0 fully saturated rings. The van der Waals surface area contributed by atoms with E-state index in [1.54, 1.807) is 0 Å². The number of ether oxygens (including phenoxy) is 2. The second kappa shape index (κ2) is 7.32. The summed E-state index contributed by atoms with van der Waals surface area (Å²) in [6.45, 7) is 4.65. The predicted molar refractivity (Wildman–Crippen MR) is 96.8 cm³/mol. The number of aromatic nitrogens is 1. The molecule has 0 amide bonds. The maximum atomic E-state index is 5.84. The van der Waals surface area contributed by atoms with Gasteiger partial charge < -0.3 is 15.2 Å². The molecule has 2 N–H and O–H groups in total. The number of hydrogen-bond acceptors (Lipinski definition) is 4. The zero-order valence-corrected chi connectivity index (χ0v) is 14.0. The van der Waals surface area contributed by atoms with E-state index < -0.39 is 0 Å². The molecule has 0 radical (unpaired) electrons. The summed E-state index contributed by atoms with van der Waals surface area (Å²) in [7, 11) is 0. The minimum Gasteiger partial charge on any atom is -0.491 e. The van der Waals surface area contributed by atoms with Gasteiger partial charge in [0.25, 0.3) is 0 Å². The molecule has 0 atom stereocenters. The monoisotopic (exact) mass is 322 g/mol. The fourth-order valence-corrected chi connectivity index (χ4v) is 2.51. The van der Waals surface area contributed by atoms with Gasteiger partial charge in [0.05, 0.1) is 11.6 Å². The van der Waals surface area contributed by atoms with Crippen molar-refractivity contribution in [2.45, 2.75) is 26.4 Å². The molecular formula is C20H22N2O2. The minimum atomic E-state index is 0.156. The first-order valence-corrected chi connectivity index (χ1v) is 8.18. The van der Waals surface area contributed by atoms with Gasteiger partial charge in [0, 0.05) is 11.5 Å². The van der Waals surface area contributed by atoms with E-state index in [0.717, 1.165) is 28.8 Å². The van der Waals surface area contributed by atoms with Crippen LogP contribution in [0.2, 0.25) is 0 Å². The van der Waals surface area contributed by atoms with E-state index in [9.17, 15) is 0 Å². The summed E-state index contributed by atoms with van der Waals surface area (Å²) in [5, 5.41) is 1.09. The first-order valence-electron chi connectivity index (χ1n) is 8.18. The molecule has 4 heteroatoms. The summed E-state index contributed by atoms with van der Waals surface area (Å²) in [4.78, 5) is 4.56. The second-order valence-electron chi connectivity index (χ2n) is 5.96. The summed E-state index contributed by atoms with van der Waals surface area (Å²) in [5.41, 5.74) is 7.74. The smallest absolute Gasteiger partial charge is 0.219 e. The Morgan fingerprint density at radius 2 is 1.71 bits per heavy atom. The molecule has 2 aromatic carbocycles. The van der Waals surface area contributed by atoms with Crippen LogP contribution in [-0.2, 0) is 6.42 Å². The van der Waals surface area contributed by atoms with Crippen molar-refractivity contribution >= 4 is 10.9 Å². The number of hydrogen-bond donors (Lipinski definition) is 1. The van der Waals surface area contributed by atoms with E-state index in [4.69, 9.17) is 15.2 Å². The van der Waals surface area contributed by atoms with Gasteiger partial charge in [0.2, 0.25) is 5.88 Å². The maximum absolute atomic E-state index is 5.84. The van der Waals surface area contributed by atoms with Crippen molar-refractivity contribution < 1.29 is 9.47 Å². The van der Waals surface area contributed by atoms with Crippen LogP contribution in [0.25, 0.3) is 10.9 Å². The molecule has 0 bridgehead atoms. The highest BCUT2D eigenvalue weighted by Gasteiger charge is 2.04. The average molecular weight is 322 g/mol. The van der Waals surface area contributed by atoms with Gasteiger partial charge in [-0.1, -0.05) is 6.07 Å². The highest BCUT2D eigenvalue weighted by Crippen LogP contribution is 2.25. The largest absolute Gasteiger partial charge is 0.491 e. The molecule has 0 aliphatic carbocycles. The molecule has 3 rings (SSSR count). The van der Waals surface area contributed by atoms with Crippen LogP contribution in [0, 0.1) is 0 Å². The molecule has 0 unspecified atom stereocenters. The van der Waals surface area contributed by atoms with Crippen molar-refractivity contribution in [2.24, 2.45) is 5.73 Å². The highest BCUT2D eigenvalue weighted by atomic mass is 16.5. The predicted octanol–water partition coefficient (Wildman–Crippen LogP) is 4.32. The van der Waals surface area contributed by atoms with Crippen molar-refractivity contribution in [3.63, 3.8) is 0 Å². The van der Waals surface area contributed by atoms with E-state index in [0.29, 0.717) is 12.4 Å². The fourth-order valence-electron chi connectivity index (χ4n) is 2.51. The molecule has 0 spiro atoms. The van der Waals surface area contributed by atoms with Crippen molar-refractivity contribution in [1.29, 1.82) is 0 Å². The van der Waals surface area contributed by atoms with E-state index >= 15 is 0 Å². The van der Waals surface area contributed by atoms with Crippen molar-refractivity contribution in [1.82, 2.24) is 4.98 Å². The lowest BCUT2D eigenvalue weighted by atomic mass is 10.1. The van der Waals surface area contributed by atoms with Crippen molar-refractivity contribution in [2.75, 3.05) is 6.54 Å². The van der Waals surface area contributed by atoms with Crippen molar-refractivity contribution in [3.05, 3.63) is 60.2 Å². The van der Waals surface area contributed by atoms with Crippen LogP contribution in [0.1, 0.15) is 19.4 Å². The molecule has 0 saturated heterocycles. The lowest BCUT2D eigenvalue weighted by molar-refractivity contribution is 0.242. The first-order chi connectivity index (χ1) is 11.6. The molecule has 3 aromatic rings. The molecular weight excluding hydrogens is 300 g/mol. The topological polar surface area (TPSA) is 57.4 Å². The minimum absolute atomic E-state index is 0.156. The SMILES string of the molecule is CC(C)Oc1ccc(Oc2ccc3cc(CCN)ccc3n2)cc1. The number of benzene rings is 2. The van der Waals surface area contributed by atoms with E-state index in [1.165, 1.54) is 5.56 Å². The molecule has 1 heterocycles. The summed E-state index contributed by atoms with van der Waals surface area (Å²) in [5.74, 6) is 2.14. The highest BCUT2D eigenvalue weighted by molar-refractivity contribution is 5.79. The van der Waals surface area contributed by atoms with E-state index in [1.807, 2.05) is 56.3 Å². The van der Waals surface area contributed by atoms with Crippen LogP contribution in [0.15, 0.2) is 54.6 Å². The molecule has 0 saturated carbocycles. The van der Waals surface area contributed by atoms with Gasteiger partial charge >= 0.3 is 0 Å². The Hall–Kier alpha value is -2.59. The van der Waals surface area contributed by atoms with Crippen LogP contribution in [-0.4, -0.2) is 17.6 Å². The number of fused-ring (bicyclic) bond motifs is 1. The third-order valence-electron chi connectivity index (χ3n) is 3.58. The Morgan fingerprint density at radius 1 is 0.958 bits per heavy atom. The lowest BCUT2D eigenvalue weighted by Gasteiger charge is -2.10. The van der Waals surface area contributed by atoms with Gasteiger partial charge in [-0.05, 0) is 74.8 Å². The van der Waals surface area contributed by atoms with Crippen LogP contribution in [0.4, 0.5) is 0 Å². The third-order valence-corrected chi connectivity index (χ3v) is 3.58. The van der Waals surface area contributed by atoms with E-state index in [2.05, 4.69) is 17.1 Å². The summed E-state index contributed by atoms with van der Waals surface area (Å²) < 4.78 is 11.5. The van der Waals surface area contributed by atoms with E-state index in [-0.39, 0.29) is 6.10 Å². The Kier molecular flexibility index (Phi) is 4.96. The van der Waals surface area contributed by atoms with Crippen LogP contribution < -0.4 is 15.2 Å². The van der Waals surface area contributed by atoms with Crippen LogP contribution in [0.5, 0.6) is 17.4 Å².